The van der Waals surface area contributed by atoms with E-state index in [1.165, 1.54) is 32.1 Å². The third-order valence-electron chi connectivity index (χ3n) is 6.88. The van der Waals surface area contributed by atoms with E-state index in [0.717, 1.165) is 49.5 Å². The number of hydrogen-bond donors (Lipinski definition) is 2. The zero-order valence-electron chi connectivity index (χ0n) is 21.6. The van der Waals surface area contributed by atoms with Crippen molar-refractivity contribution in [2.24, 2.45) is 22.1 Å². The molecular formula is C28H43N5OS. The van der Waals surface area contributed by atoms with Crippen molar-refractivity contribution in [1.29, 1.82) is 0 Å². The van der Waals surface area contributed by atoms with E-state index >= 15 is 0 Å². The Kier molecular flexibility index (Phi) is 9.87. The number of nitrogens with zero attached hydrogens (tertiary/aromatic N) is 3. The highest BCUT2D eigenvalue weighted by atomic mass is 32.1. The first-order valence-corrected chi connectivity index (χ1v) is 12.9. The first kappa shape index (κ1) is 27.3. The summed E-state index contributed by atoms with van der Waals surface area (Å²) in [6.07, 6.45) is 10.6. The Bertz CT molecular complexity index is 954. The summed E-state index contributed by atoms with van der Waals surface area (Å²) in [6, 6.07) is 12.2. The van der Waals surface area contributed by atoms with Crippen molar-refractivity contribution in [2.45, 2.75) is 78.3 Å². The van der Waals surface area contributed by atoms with Crippen molar-refractivity contribution in [3.05, 3.63) is 48.2 Å². The molecule has 1 fully saturated rings. The minimum Gasteiger partial charge on any atom is -0.439 e. The van der Waals surface area contributed by atoms with Crippen molar-refractivity contribution in [2.75, 3.05) is 13.1 Å². The van der Waals surface area contributed by atoms with Crippen molar-refractivity contribution in [3.8, 4) is 11.6 Å². The van der Waals surface area contributed by atoms with Gasteiger partial charge in [-0.3, -0.25) is 0 Å². The number of para-hydroxylation sites is 1. The minimum atomic E-state index is 0. The van der Waals surface area contributed by atoms with Gasteiger partial charge in [-0.2, -0.15) is 13.5 Å². The molecule has 35 heavy (non-hydrogen) atoms. The van der Waals surface area contributed by atoms with Gasteiger partial charge in [0.15, 0.2) is 5.96 Å². The van der Waals surface area contributed by atoms with Gasteiger partial charge < -0.3 is 20.7 Å². The first-order chi connectivity index (χ1) is 16.4. The molecule has 7 heteroatoms. The van der Waals surface area contributed by atoms with E-state index in [1.807, 2.05) is 36.4 Å². The van der Waals surface area contributed by atoms with Crippen LogP contribution in [0.3, 0.4) is 0 Å². The van der Waals surface area contributed by atoms with E-state index in [4.69, 9.17) is 15.5 Å². The van der Waals surface area contributed by atoms with E-state index in [1.54, 1.807) is 6.20 Å². The van der Waals surface area contributed by atoms with E-state index < -0.39 is 0 Å². The molecule has 0 amide bonds. The number of guanidine groups is 1. The standard InChI is InChI=1S/C28H41N5O.H2S/c1-28(2,3)20-30-16-10-15-25(21-11-6-4-7-12-21)33-19-22-17-26(31-18-24(22)32-27(33)29)34-23-13-8-5-9-14-23;/h5,8-9,13-14,17-18,21,25,30H,4,6-7,10-12,15-16,19-20H2,1-3H3,(H2,29,32);1H2/t25-;/m0./s1. The summed E-state index contributed by atoms with van der Waals surface area (Å²) in [5.74, 6) is 2.69. The zero-order valence-corrected chi connectivity index (χ0v) is 22.6. The van der Waals surface area contributed by atoms with Crippen molar-refractivity contribution in [3.63, 3.8) is 0 Å². The Labute approximate surface area is 218 Å². The van der Waals surface area contributed by atoms with Crippen LogP contribution < -0.4 is 15.8 Å². The Morgan fingerprint density at radius 3 is 2.60 bits per heavy atom. The van der Waals surface area contributed by atoms with Crippen LogP contribution in [0.25, 0.3) is 0 Å². The lowest BCUT2D eigenvalue weighted by atomic mass is 9.81. The summed E-state index contributed by atoms with van der Waals surface area (Å²) in [5, 5.41) is 3.64. The molecule has 1 aromatic heterocycles. The van der Waals surface area contributed by atoms with Gasteiger partial charge in [0, 0.05) is 24.2 Å². The normalized spacial score (nSPS) is 17.2. The molecule has 2 heterocycles. The van der Waals surface area contributed by atoms with Gasteiger partial charge in [0.25, 0.3) is 0 Å². The number of aliphatic imine (C=N–C) groups is 1. The van der Waals surface area contributed by atoms with E-state index in [-0.39, 0.29) is 13.5 Å². The summed E-state index contributed by atoms with van der Waals surface area (Å²) in [6.45, 7) is 9.67. The molecule has 1 aliphatic carbocycles. The molecule has 192 valence electrons. The lowest BCUT2D eigenvalue weighted by molar-refractivity contribution is 0.162. The maximum atomic E-state index is 6.55. The van der Waals surface area contributed by atoms with Crippen LogP contribution in [0.1, 0.15) is 71.3 Å². The fourth-order valence-electron chi connectivity index (χ4n) is 5.16. The molecule has 2 aliphatic rings. The second-order valence-electron chi connectivity index (χ2n) is 11.0. The number of benzene rings is 1. The van der Waals surface area contributed by atoms with Crippen LogP contribution in [-0.4, -0.2) is 35.0 Å². The van der Waals surface area contributed by atoms with E-state index in [9.17, 15) is 0 Å². The fraction of sp³-hybridized carbons (Fsp3) is 0.571. The quantitative estimate of drug-likeness (QED) is 0.409. The van der Waals surface area contributed by atoms with Gasteiger partial charge in [0.2, 0.25) is 5.88 Å². The molecule has 2 aromatic rings. The molecule has 0 saturated heterocycles. The third-order valence-corrected chi connectivity index (χ3v) is 6.88. The maximum Gasteiger partial charge on any atom is 0.219 e. The molecule has 1 aliphatic heterocycles. The number of ether oxygens (including phenoxy) is 1. The summed E-state index contributed by atoms with van der Waals surface area (Å²) < 4.78 is 5.98. The Hall–Kier alpha value is -2.25. The average Bonchev–Trinajstić information content (AvgIpc) is 2.82. The van der Waals surface area contributed by atoms with Crippen LogP contribution >= 0.6 is 13.5 Å². The van der Waals surface area contributed by atoms with Gasteiger partial charge in [-0.05, 0) is 62.2 Å². The van der Waals surface area contributed by atoms with Gasteiger partial charge in [-0.25, -0.2) is 9.98 Å². The van der Waals surface area contributed by atoms with Crippen LogP contribution in [0.4, 0.5) is 5.69 Å². The Balaban J connectivity index is 0.00000342. The number of fused-ring (bicyclic) bond motifs is 1. The number of rotatable bonds is 9. The number of nitrogens with one attached hydrogen (secondary N) is 1. The van der Waals surface area contributed by atoms with Crippen LogP contribution in [-0.2, 0) is 6.54 Å². The molecule has 6 nitrogen and oxygen atoms in total. The van der Waals surface area contributed by atoms with Gasteiger partial charge in [-0.15, -0.1) is 0 Å². The smallest absolute Gasteiger partial charge is 0.219 e. The van der Waals surface area contributed by atoms with Crippen LogP contribution in [0.5, 0.6) is 11.6 Å². The molecule has 4 rings (SSSR count). The topological polar surface area (TPSA) is 75.8 Å². The van der Waals surface area contributed by atoms with Crippen LogP contribution in [0.15, 0.2) is 47.6 Å². The highest BCUT2D eigenvalue weighted by molar-refractivity contribution is 7.59. The fourth-order valence-corrected chi connectivity index (χ4v) is 5.16. The van der Waals surface area contributed by atoms with E-state index in [0.29, 0.717) is 29.2 Å². The lowest BCUT2D eigenvalue weighted by Gasteiger charge is -2.41. The Morgan fingerprint density at radius 1 is 1.14 bits per heavy atom. The second-order valence-corrected chi connectivity index (χ2v) is 11.0. The molecular weight excluding hydrogens is 454 g/mol. The van der Waals surface area contributed by atoms with Gasteiger partial charge >= 0.3 is 0 Å². The molecule has 0 spiro atoms. The predicted octanol–water partition coefficient (Wildman–Crippen LogP) is 6.11. The average molecular weight is 498 g/mol. The summed E-state index contributed by atoms with van der Waals surface area (Å²) in [5.41, 5.74) is 8.84. The number of aromatic nitrogens is 1. The van der Waals surface area contributed by atoms with Crippen LogP contribution in [0.2, 0.25) is 0 Å². The number of hydrogen-bond acceptors (Lipinski definition) is 6. The Morgan fingerprint density at radius 2 is 1.89 bits per heavy atom. The predicted molar refractivity (Wildman–Crippen MR) is 150 cm³/mol. The van der Waals surface area contributed by atoms with Crippen molar-refractivity contribution >= 4 is 25.1 Å². The molecule has 1 aromatic carbocycles. The second kappa shape index (κ2) is 12.6. The third kappa shape index (κ3) is 7.87. The SMILES string of the molecule is CC(C)(C)CNCCC[C@@H](C1CCCCC1)N1Cc2cc(Oc3ccccc3)ncc2N=C1N.S. The highest BCUT2D eigenvalue weighted by Crippen LogP contribution is 2.36. The summed E-state index contributed by atoms with van der Waals surface area (Å²) in [4.78, 5) is 11.6. The van der Waals surface area contributed by atoms with Crippen molar-refractivity contribution in [1.82, 2.24) is 15.2 Å². The highest BCUT2D eigenvalue weighted by Gasteiger charge is 2.32. The summed E-state index contributed by atoms with van der Waals surface area (Å²) >= 11 is 0. The van der Waals surface area contributed by atoms with Gasteiger partial charge in [-0.1, -0.05) is 58.2 Å². The molecule has 0 unspecified atom stereocenters. The van der Waals surface area contributed by atoms with Crippen LogP contribution in [0, 0.1) is 11.3 Å². The maximum absolute atomic E-state index is 6.55. The minimum absolute atomic E-state index is 0. The molecule has 0 bridgehead atoms. The summed E-state index contributed by atoms with van der Waals surface area (Å²) in [7, 11) is 0. The molecule has 1 saturated carbocycles. The van der Waals surface area contributed by atoms with Gasteiger partial charge in [0.05, 0.1) is 11.9 Å². The van der Waals surface area contributed by atoms with E-state index in [2.05, 4.69) is 36.0 Å². The lowest BCUT2D eigenvalue weighted by Crippen LogP contribution is -2.49. The zero-order chi connectivity index (χ0) is 24.0. The molecule has 3 N–H and O–H groups in total. The monoisotopic (exact) mass is 497 g/mol. The largest absolute Gasteiger partial charge is 0.439 e. The first-order valence-electron chi connectivity index (χ1n) is 12.9. The molecule has 0 radical (unpaired) electrons. The number of nitrogens with two attached hydrogens (primary N) is 1. The number of pyridine rings is 1. The molecule has 1 atom stereocenters. The van der Waals surface area contributed by atoms with Gasteiger partial charge in [0.1, 0.15) is 5.75 Å². The van der Waals surface area contributed by atoms with Crippen molar-refractivity contribution < 1.29 is 4.74 Å².